The van der Waals surface area contributed by atoms with Crippen molar-refractivity contribution in [3.8, 4) is 11.4 Å². The van der Waals surface area contributed by atoms with E-state index >= 15 is 0 Å². The topological polar surface area (TPSA) is 109 Å². The van der Waals surface area contributed by atoms with Crippen LogP contribution in [0.5, 0.6) is 0 Å². The zero-order valence-electron chi connectivity index (χ0n) is 18.4. The molecule has 1 aliphatic rings. The molecule has 2 atom stereocenters. The van der Waals surface area contributed by atoms with E-state index in [4.69, 9.17) is 5.73 Å². The van der Waals surface area contributed by atoms with E-state index in [0.29, 0.717) is 18.1 Å². The van der Waals surface area contributed by atoms with Crippen LogP contribution in [0.15, 0.2) is 84.3 Å². The molecule has 2 aromatic carbocycles. The third kappa shape index (κ3) is 3.80. The van der Waals surface area contributed by atoms with Crippen LogP contribution < -0.4 is 10.2 Å². The normalized spacial score (nSPS) is 19.8. The quantitative estimate of drug-likeness (QED) is 0.326. The number of amides is 2. The highest BCUT2D eigenvalue weighted by Gasteiger charge is 2.53. The summed E-state index contributed by atoms with van der Waals surface area (Å²) >= 11 is 1.26. The van der Waals surface area contributed by atoms with Crippen molar-refractivity contribution in [1.29, 1.82) is 0 Å². The number of aromatic nitrogens is 5. The van der Waals surface area contributed by atoms with E-state index in [-0.39, 0.29) is 16.1 Å². The minimum atomic E-state index is -0.630. The molecule has 0 aliphatic carbocycles. The van der Waals surface area contributed by atoms with E-state index in [9.17, 15) is 9.59 Å². The Kier molecular flexibility index (Phi) is 5.99. The summed E-state index contributed by atoms with van der Waals surface area (Å²) in [7, 11) is 0. The first kappa shape index (κ1) is 22.1. The predicted molar refractivity (Wildman–Crippen MR) is 130 cm³/mol. The Morgan fingerprint density at radius 1 is 1.03 bits per heavy atom. The highest BCUT2D eigenvalue weighted by Crippen LogP contribution is 2.40. The van der Waals surface area contributed by atoms with E-state index in [1.54, 1.807) is 4.68 Å². The molecular formula is C24H24N7O2S+. The van der Waals surface area contributed by atoms with E-state index < -0.39 is 11.9 Å². The molecule has 0 radical (unpaired) electrons. The van der Waals surface area contributed by atoms with Gasteiger partial charge in [0.2, 0.25) is 5.16 Å². The van der Waals surface area contributed by atoms with Gasteiger partial charge in [-0.2, -0.15) is 4.68 Å². The summed E-state index contributed by atoms with van der Waals surface area (Å²) in [6, 6.07) is 20.4. The third-order valence-corrected chi connectivity index (χ3v) is 7.16. The van der Waals surface area contributed by atoms with Gasteiger partial charge < -0.3 is 10.3 Å². The van der Waals surface area contributed by atoms with Crippen molar-refractivity contribution in [2.75, 3.05) is 12.3 Å². The van der Waals surface area contributed by atoms with Crippen LogP contribution in [-0.4, -0.2) is 54.9 Å². The molecule has 0 spiro atoms. The maximum absolute atomic E-state index is 14.0. The van der Waals surface area contributed by atoms with Crippen LogP contribution in [0.4, 0.5) is 5.69 Å². The molecule has 4 aromatic rings. The fraction of sp³-hybridized carbons (Fsp3) is 0.208. The highest BCUT2D eigenvalue weighted by atomic mass is 32.2. The van der Waals surface area contributed by atoms with E-state index in [1.165, 1.54) is 11.8 Å². The average molecular weight is 475 g/mol. The zero-order chi connectivity index (χ0) is 23.5. The molecule has 1 aliphatic heterocycles. The summed E-state index contributed by atoms with van der Waals surface area (Å²) in [4.78, 5) is 26.6. The van der Waals surface area contributed by atoms with Gasteiger partial charge in [-0.05, 0) is 40.8 Å². The van der Waals surface area contributed by atoms with Crippen molar-refractivity contribution in [3.63, 3.8) is 0 Å². The lowest BCUT2D eigenvalue weighted by Crippen LogP contribution is -2.62. The highest BCUT2D eigenvalue weighted by molar-refractivity contribution is 7.99. The van der Waals surface area contributed by atoms with Crippen molar-refractivity contribution in [1.82, 2.24) is 29.3 Å². The Bertz CT molecular complexity index is 1310. The zero-order valence-corrected chi connectivity index (χ0v) is 19.2. The Morgan fingerprint density at radius 3 is 2.53 bits per heavy atom. The van der Waals surface area contributed by atoms with E-state index in [0.717, 1.165) is 23.5 Å². The van der Waals surface area contributed by atoms with Crippen LogP contribution in [0.2, 0.25) is 0 Å². The van der Waals surface area contributed by atoms with Gasteiger partial charge in [0.15, 0.2) is 11.7 Å². The molecule has 9 nitrogen and oxygen atoms in total. The largest absolute Gasteiger partial charge is 0.364 e. The predicted octanol–water partition coefficient (Wildman–Crippen LogP) is 2.73. The lowest BCUT2D eigenvalue weighted by atomic mass is 10.1. The monoisotopic (exact) mass is 474 g/mol. The molecule has 0 bridgehead atoms. The first-order valence-corrected chi connectivity index (χ1v) is 12.0. The molecule has 0 saturated carbocycles. The van der Waals surface area contributed by atoms with Crippen LogP contribution in [0, 0.1) is 0 Å². The van der Waals surface area contributed by atoms with Gasteiger partial charge >= 0.3 is 5.91 Å². The molecule has 2 N–H and O–H groups in total. The maximum atomic E-state index is 14.0. The fourth-order valence-corrected chi connectivity index (χ4v) is 5.59. The summed E-state index contributed by atoms with van der Waals surface area (Å²) in [6.07, 6.45) is 5.15. The number of thioether (sulfide) groups is 1. The molecule has 1 saturated heterocycles. The van der Waals surface area contributed by atoms with E-state index in [1.807, 2.05) is 83.7 Å². The number of carbonyl (C=O) groups is 2. The number of benzene rings is 2. The smallest absolute Gasteiger partial charge is 0.329 e. The van der Waals surface area contributed by atoms with Crippen molar-refractivity contribution in [3.05, 3.63) is 79.1 Å². The second-order valence-electron chi connectivity index (χ2n) is 8.12. The molecule has 5 rings (SSSR count). The number of tetrazole rings is 1. The second-order valence-corrected chi connectivity index (χ2v) is 9.07. The first-order chi connectivity index (χ1) is 16.6. The van der Waals surface area contributed by atoms with Gasteiger partial charge in [0, 0.05) is 31.3 Å². The molecule has 2 aromatic heterocycles. The summed E-state index contributed by atoms with van der Waals surface area (Å²) in [5, 5.41) is 12.5. The van der Waals surface area contributed by atoms with Gasteiger partial charge in [-0.1, -0.05) is 42.1 Å². The molecule has 34 heavy (non-hydrogen) atoms. The number of hydrogen-bond donors (Lipinski definition) is 1. The number of para-hydroxylation sites is 3. The van der Waals surface area contributed by atoms with Gasteiger partial charge in [-0.25, -0.2) is 9.28 Å². The van der Waals surface area contributed by atoms with Crippen LogP contribution >= 0.6 is 11.8 Å². The SMILES string of the molecule is NC(=O)[C@@H]1CCC[N+]1(C(=O)CSc1nnnn1-c1ccccc1)c1ccccc1-n1cccc1. The molecule has 1 unspecified atom stereocenters. The number of nitrogens with zero attached hydrogens (tertiary/aromatic N) is 6. The number of nitrogens with two attached hydrogens (primary N) is 1. The van der Waals surface area contributed by atoms with Crippen molar-refractivity contribution in [2.45, 2.75) is 24.0 Å². The summed E-state index contributed by atoms with van der Waals surface area (Å²) in [6.45, 7) is 0.509. The number of quaternary nitrogens is 1. The molecule has 10 heteroatoms. The Labute approximate surface area is 200 Å². The van der Waals surface area contributed by atoms with Crippen LogP contribution in [-0.2, 0) is 9.59 Å². The molecule has 1 fully saturated rings. The van der Waals surface area contributed by atoms with Gasteiger partial charge in [-0.3, -0.25) is 4.79 Å². The number of rotatable bonds is 7. The van der Waals surface area contributed by atoms with Crippen molar-refractivity contribution < 1.29 is 9.59 Å². The van der Waals surface area contributed by atoms with Gasteiger partial charge in [-0.15, -0.1) is 5.10 Å². The molecule has 2 amide bonds. The van der Waals surface area contributed by atoms with Crippen LogP contribution in [0.3, 0.4) is 0 Å². The van der Waals surface area contributed by atoms with Crippen molar-refractivity contribution in [2.24, 2.45) is 5.73 Å². The summed E-state index contributed by atoms with van der Waals surface area (Å²) in [5.74, 6) is -0.474. The average Bonchev–Trinajstić information content (AvgIpc) is 3.64. The third-order valence-electron chi connectivity index (χ3n) is 6.25. The minimum Gasteiger partial charge on any atom is -0.364 e. The summed E-state index contributed by atoms with van der Waals surface area (Å²) < 4.78 is 3.46. The van der Waals surface area contributed by atoms with E-state index in [2.05, 4.69) is 15.5 Å². The first-order valence-electron chi connectivity index (χ1n) is 11.0. The fourth-order valence-electron chi connectivity index (χ4n) is 4.75. The van der Waals surface area contributed by atoms with Crippen molar-refractivity contribution >= 4 is 29.3 Å². The summed E-state index contributed by atoms with van der Waals surface area (Å²) in [5.41, 5.74) is 8.28. The van der Waals surface area contributed by atoms with Crippen LogP contribution in [0.1, 0.15) is 12.8 Å². The Morgan fingerprint density at radius 2 is 1.76 bits per heavy atom. The standard InChI is InChI=1S/C24H23N7O2S/c25-23(33)21-13-8-16-31(21,20-12-5-4-11-19(20)29-14-6-7-15-29)22(32)17-34-24-26-27-28-30(24)18-9-2-1-3-10-18/h1-7,9-12,14-15,21H,8,13,16-17H2,(H-,25,33)/p+1/t21-,31?/m0/s1. The molecule has 3 heterocycles. The van der Waals surface area contributed by atoms with Gasteiger partial charge in [0.05, 0.1) is 12.2 Å². The van der Waals surface area contributed by atoms with Gasteiger partial charge in [0.25, 0.3) is 5.91 Å². The second kappa shape index (κ2) is 9.24. The number of hydrogen-bond acceptors (Lipinski definition) is 6. The Balaban J connectivity index is 1.51. The lowest BCUT2D eigenvalue weighted by molar-refractivity contribution is -0.134. The number of likely N-dealkylation sites (tertiary alicyclic amines) is 1. The lowest BCUT2D eigenvalue weighted by Gasteiger charge is -2.36. The maximum Gasteiger partial charge on any atom is 0.329 e. The number of carbonyl (C=O) groups excluding carboxylic acids is 2. The molecule has 172 valence electrons. The minimum absolute atomic E-state index is 0.0942. The molecular weight excluding hydrogens is 450 g/mol. The number of primary amides is 1. The van der Waals surface area contributed by atoms with Crippen LogP contribution in [0.25, 0.3) is 11.4 Å². The Hall–Kier alpha value is -3.76. The van der Waals surface area contributed by atoms with Gasteiger partial charge in [0.1, 0.15) is 11.4 Å².